The standard InChI is InChI=1S/C30H60O2.C21H42O4.C17H35O2.Na/c1-3-5-7-9-11-13-15-16-17-18-19-20-22-24-26-28-30(31)32-29-27-25-23-21-14-12-10-8-6-4-2;1-2-3-4-5-6-7-8-9-10-11-12-13-14-15-16-17-21(24)25-19-20(23)18-22;1-2-3-4-5-6-7-8-9-10-11-12-13-14-15-17(19)16-18;/h3-29H2,1-2H3;20,22-23H,2-19H2,1H3;15,17-19H,2-14,16H2,1H3;/q;;-1;+1. The van der Waals surface area contributed by atoms with Crippen LogP contribution in [0.2, 0.25) is 0 Å². The van der Waals surface area contributed by atoms with Crippen LogP contribution < -0.4 is 29.6 Å². The van der Waals surface area contributed by atoms with Crippen LogP contribution in [0.1, 0.15) is 381 Å². The second-order valence-electron chi connectivity index (χ2n) is 23.0. The molecule has 0 spiro atoms. The molecule has 458 valence electrons. The van der Waals surface area contributed by atoms with Crippen molar-refractivity contribution in [1.29, 1.82) is 0 Å². The van der Waals surface area contributed by atoms with Gasteiger partial charge in [-0.15, -0.1) is 0 Å². The van der Waals surface area contributed by atoms with E-state index in [0.717, 1.165) is 38.5 Å². The summed E-state index contributed by atoms with van der Waals surface area (Å²) in [5, 5.41) is 35.5. The van der Waals surface area contributed by atoms with E-state index in [4.69, 9.17) is 29.9 Å². The molecule has 0 saturated carbocycles. The van der Waals surface area contributed by atoms with E-state index in [1.54, 1.807) is 0 Å². The van der Waals surface area contributed by atoms with Crippen molar-refractivity contribution in [2.24, 2.45) is 0 Å². The van der Waals surface area contributed by atoms with Crippen LogP contribution in [-0.2, 0) is 19.1 Å². The van der Waals surface area contributed by atoms with E-state index < -0.39 is 12.2 Å². The molecule has 2 atom stereocenters. The minimum Gasteiger partial charge on any atom is -0.466 e. The molecular weight excluding hydrogens is 968 g/mol. The molecule has 0 amide bonds. The van der Waals surface area contributed by atoms with Crippen LogP contribution in [0.3, 0.4) is 0 Å². The Bertz CT molecular complexity index is 1050. The van der Waals surface area contributed by atoms with Crippen LogP contribution in [0, 0.1) is 6.42 Å². The molecule has 0 aromatic carbocycles. The molecule has 0 aliphatic rings. The number of esters is 2. The van der Waals surface area contributed by atoms with Gasteiger partial charge in [0.1, 0.15) is 12.7 Å². The normalized spacial score (nSPS) is 11.8. The number of aliphatic hydroxyl groups is 4. The summed E-state index contributed by atoms with van der Waals surface area (Å²) >= 11 is 0. The molecule has 0 bridgehead atoms. The number of carbonyl (C=O) groups excluding carboxylic acids is 2. The van der Waals surface area contributed by atoms with E-state index in [2.05, 4.69) is 27.7 Å². The Labute approximate surface area is 503 Å². The maximum absolute atomic E-state index is 11.8. The average Bonchev–Trinajstić information content (AvgIpc) is 3.43. The molecule has 0 radical (unpaired) electrons. The molecular formula is C68H137NaO8. The number of unbranched alkanes of at least 4 members (excludes halogenated alkanes) is 49. The van der Waals surface area contributed by atoms with Crippen molar-refractivity contribution in [3.8, 4) is 0 Å². The van der Waals surface area contributed by atoms with Crippen molar-refractivity contribution in [3.05, 3.63) is 6.42 Å². The van der Waals surface area contributed by atoms with E-state index in [1.807, 2.05) is 6.42 Å². The summed E-state index contributed by atoms with van der Waals surface area (Å²) in [6, 6.07) is 0. The van der Waals surface area contributed by atoms with Gasteiger partial charge in [0.2, 0.25) is 0 Å². The quantitative estimate of drug-likeness (QED) is 0.0205. The van der Waals surface area contributed by atoms with Crippen LogP contribution in [0.25, 0.3) is 0 Å². The number of hydrogen-bond acceptors (Lipinski definition) is 8. The van der Waals surface area contributed by atoms with Gasteiger partial charge in [0.25, 0.3) is 0 Å². The first-order valence-electron chi connectivity index (χ1n) is 34.0. The van der Waals surface area contributed by atoms with E-state index in [-0.39, 0.29) is 61.3 Å². The average molecular weight is 1110 g/mol. The zero-order chi connectivity index (χ0) is 56.2. The molecule has 0 heterocycles. The van der Waals surface area contributed by atoms with Crippen molar-refractivity contribution in [2.45, 2.75) is 393 Å². The van der Waals surface area contributed by atoms with Crippen LogP contribution in [0.4, 0.5) is 0 Å². The Morgan fingerprint density at radius 2 is 0.558 bits per heavy atom. The summed E-state index contributed by atoms with van der Waals surface area (Å²) in [6.07, 6.45) is 71.7. The number of hydrogen-bond donors (Lipinski definition) is 4. The maximum Gasteiger partial charge on any atom is 1.00 e. The van der Waals surface area contributed by atoms with Crippen LogP contribution in [0.15, 0.2) is 0 Å². The van der Waals surface area contributed by atoms with Gasteiger partial charge in [-0.3, -0.25) is 16.0 Å². The first-order chi connectivity index (χ1) is 37.3. The molecule has 2 unspecified atom stereocenters. The van der Waals surface area contributed by atoms with Crippen molar-refractivity contribution in [1.82, 2.24) is 0 Å². The third-order valence-corrected chi connectivity index (χ3v) is 15.1. The predicted octanol–water partition coefficient (Wildman–Crippen LogP) is 17.5. The second-order valence-corrected chi connectivity index (χ2v) is 23.0. The van der Waals surface area contributed by atoms with Crippen LogP contribution in [0.5, 0.6) is 0 Å². The predicted molar refractivity (Wildman–Crippen MR) is 329 cm³/mol. The van der Waals surface area contributed by atoms with Crippen molar-refractivity contribution >= 4 is 11.9 Å². The second kappa shape index (κ2) is 77.8. The molecule has 0 saturated heterocycles. The molecule has 77 heavy (non-hydrogen) atoms. The molecule has 9 heteroatoms. The van der Waals surface area contributed by atoms with E-state index in [9.17, 15) is 9.59 Å². The monoisotopic (exact) mass is 1110 g/mol. The third kappa shape index (κ3) is 82.3. The molecule has 0 fully saturated rings. The maximum atomic E-state index is 11.8. The summed E-state index contributed by atoms with van der Waals surface area (Å²) < 4.78 is 10.3. The van der Waals surface area contributed by atoms with Gasteiger partial charge in [-0.1, -0.05) is 342 Å². The van der Waals surface area contributed by atoms with Gasteiger partial charge in [-0.05, 0) is 25.4 Å². The fourth-order valence-electron chi connectivity index (χ4n) is 9.81. The van der Waals surface area contributed by atoms with Gasteiger partial charge >= 0.3 is 41.5 Å². The SMILES string of the molecule is CCCCCCCCCCCCCCCCCC(=O)OCC(O)CO.CCCCCCCCCCCCCCCCCC(=O)OCCCCCCCCCCCC.CCCCCCCCCCCCCC[CH-]C(O)CO.[Na+]. The van der Waals surface area contributed by atoms with E-state index in [1.165, 1.54) is 302 Å². The number of aliphatic hydroxyl groups excluding tert-OH is 4. The molecule has 0 aliphatic carbocycles. The number of ether oxygens (including phenoxy) is 2. The molecule has 0 aromatic rings. The van der Waals surface area contributed by atoms with E-state index >= 15 is 0 Å². The summed E-state index contributed by atoms with van der Waals surface area (Å²) in [7, 11) is 0. The van der Waals surface area contributed by atoms with Crippen LogP contribution >= 0.6 is 0 Å². The Morgan fingerprint density at radius 1 is 0.325 bits per heavy atom. The van der Waals surface area contributed by atoms with Gasteiger partial charge in [0, 0.05) is 19.4 Å². The molecule has 0 rings (SSSR count). The molecule has 8 nitrogen and oxygen atoms in total. The fraction of sp³-hybridized carbons (Fsp3) is 0.956. The Balaban J connectivity index is -0.000000533. The third-order valence-electron chi connectivity index (χ3n) is 15.1. The number of rotatable bonds is 61. The smallest absolute Gasteiger partial charge is 0.466 e. The van der Waals surface area contributed by atoms with Crippen molar-refractivity contribution in [2.75, 3.05) is 26.4 Å². The molecule has 0 aliphatic heterocycles. The minimum absolute atomic E-state index is 0. The minimum atomic E-state index is -0.954. The van der Waals surface area contributed by atoms with Crippen LogP contribution in [-0.4, -0.2) is 71.0 Å². The fourth-order valence-corrected chi connectivity index (χ4v) is 9.81. The van der Waals surface area contributed by atoms with Gasteiger partial charge in [-0.25, -0.2) is 0 Å². The van der Waals surface area contributed by atoms with Gasteiger partial charge in [0.05, 0.1) is 13.2 Å². The first kappa shape index (κ1) is 83.2. The zero-order valence-corrected chi connectivity index (χ0v) is 54.9. The largest absolute Gasteiger partial charge is 1.00 e. The van der Waals surface area contributed by atoms with Gasteiger partial charge in [-0.2, -0.15) is 6.42 Å². The van der Waals surface area contributed by atoms with Gasteiger partial charge in [0.15, 0.2) is 0 Å². The summed E-state index contributed by atoms with van der Waals surface area (Å²) in [4.78, 5) is 23.2. The summed E-state index contributed by atoms with van der Waals surface area (Å²) in [5.74, 6) is -0.252. The van der Waals surface area contributed by atoms with Crippen molar-refractivity contribution in [3.63, 3.8) is 0 Å². The van der Waals surface area contributed by atoms with Crippen molar-refractivity contribution < 1.29 is 69.0 Å². The Hall–Kier alpha value is -0.220. The Morgan fingerprint density at radius 3 is 0.818 bits per heavy atom. The van der Waals surface area contributed by atoms with E-state index in [0.29, 0.717) is 19.4 Å². The Kier molecular flexibility index (Phi) is 84.2. The topological polar surface area (TPSA) is 134 Å². The first-order valence-corrected chi connectivity index (χ1v) is 34.0. The summed E-state index contributed by atoms with van der Waals surface area (Å²) in [6.45, 7) is 9.11. The molecule has 4 N–H and O–H groups in total. The molecule has 0 aromatic heterocycles. The number of carbonyl (C=O) groups is 2. The van der Waals surface area contributed by atoms with Gasteiger partial charge < -0.3 is 29.9 Å². The summed E-state index contributed by atoms with van der Waals surface area (Å²) in [5.41, 5.74) is 0. The zero-order valence-electron chi connectivity index (χ0n) is 52.9.